The predicted octanol–water partition coefficient (Wildman–Crippen LogP) is 1.32. The molecule has 0 unspecified atom stereocenters. The van der Waals surface area contributed by atoms with Gasteiger partial charge in [-0.1, -0.05) is 0 Å². The van der Waals surface area contributed by atoms with Gasteiger partial charge in [-0.3, -0.25) is 0 Å². The van der Waals surface area contributed by atoms with Crippen molar-refractivity contribution in [3.05, 3.63) is 23.3 Å². The Labute approximate surface area is 112 Å². The van der Waals surface area contributed by atoms with Crippen molar-refractivity contribution in [3.63, 3.8) is 0 Å². The SMILES string of the molecule is COCCOCCOc1cc(C)c(N)c(C(=O)O)c1. The molecule has 0 heterocycles. The van der Waals surface area contributed by atoms with Crippen LogP contribution in [0.25, 0.3) is 0 Å². The first kappa shape index (κ1) is 15.3. The summed E-state index contributed by atoms with van der Waals surface area (Å²) in [6.07, 6.45) is 0. The number of anilines is 1. The average molecular weight is 269 g/mol. The minimum Gasteiger partial charge on any atom is -0.491 e. The summed E-state index contributed by atoms with van der Waals surface area (Å²) in [4.78, 5) is 11.0. The van der Waals surface area contributed by atoms with Crippen LogP contribution in [0.4, 0.5) is 5.69 Å². The lowest BCUT2D eigenvalue weighted by atomic mass is 10.1. The maximum absolute atomic E-state index is 11.0. The summed E-state index contributed by atoms with van der Waals surface area (Å²) < 4.78 is 15.5. The summed E-state index contributed by atoms with van der Waals surface area (Å²) in [5.74, 6) is -0.596. The van der Waals surface area contributed by atoms with Gasteiger partial charge in [0.15, 0.2) is 0 Å². The fourth-order valence-electron chi connectivity index (χ4n) is 1.49. The van der Waals surface area contributed by atoms with Crippen LogP contribution in [0, 0.1) is 6.92 Å². The van der Waals surface area contributed by atoms with Crippen LogP contribution in [0.1, 0.15) is 15.9 Å². The molecule has 6 nitrogen and oxygen atoms in total. The number of nitrogens with two attached hydrogens (primary N) is 1. The van der Waals surface area contributed by atoms with E-state index < -0.39 is 5.97 Å². The van der Waals surface area contributed by atoms with E-state index in [1.807, 2.05) is 0 Å². The smallest absolute Gasteiger partial charge is 0.337 e. The summed E-state index contributed by atoms with van der Waals surface area (Å²) in [6.45, 7) is 3.52. The van der Waals surface area contributed by atoms with Crippen molar-refractivity contribution < 1.29 is 24.1 Å². The number of benzene rings is 1. The summed E-state index contributed by atoms with van der Waals surface area (Å²) >= 11 is 0. The van der Waals surface area contributed by atoms with Crippen molar-refractivity contribution in [2.75, 3.05) is 39.3 Å². The van der Waals surface area contributed by atoms with E-state index in [0.29, 0.717) is 37.7 Å². The van der Waals surface area contributed by atoms with Gasteiger partial charge < -0.3 is 25.1 Å². The second-order valence-corrected chi connectivity index (χ2v) is 3.96. The zero-order valence-corrected chi connectivity index (χ0v) is 11.1. The van der Waals surface area contributed by atoms with Gasteiger partial charge in [-0.25, -0.2) is 4.79 Å². The molecule has 106 valence electrons. The molecule has 0 spiro atoms. The number of carboxylic acid groups (broad SMARTS) is 1. The lowest BCUT2D eigenvalue weighted by Gasteiger charge is -2.11. The lowest BCUT2D eigenvalue weighted by Crippen LogP contribution is -2.11. The topological polar surface area (TPSA) is 91.0 Å². The van der Waals surface area contributed by atoms with Gasteiger partial charge in [-0.05, 0) is 24.6 Å². The number of methoxy groups -OCH3 is 1. The Morgan fingerprint density at radius 3 is 2.58 bits per heavy atom. The summed E-state index contributed by atoms with van der Waals surface area (Å²) in [7, 11) is 1.60. The molecule has 1 aromatic rings. The van der Waals surface area contributed by atoms with Gasteiger partial charge in [-0.15, -0.1) is 0 Å². The third-order valence-corrected chi connectivity index (χ3v) is 2.52. The number of hydrogen-bond donors (Lipinski definition) is 2. The molecule has 0 saturated carbocycles. The van der Waals surface area contributed by atoms with Crippen LogP contribution in [-0.4, -0.2) is 44.6 Å². The van der Waals surface area contributed by atoms with E-state index in [9.17, 15) is 4.79 Å². The molecule has 0 aromatic heterocycles. The summed E-state index contributed by atoms with van der Waals surface area (Å²) in [5.41, 5.74) is 6.67. The minimum atomic E-state index is -1.07. The van der Waals surface area contributed by atoms with E-state index >= 15 is 0 Å². The Morgan fingerprint density at radius 1 is 1.26 bits per heavy atom. The maximum atomic E-state index is 11.0. The van der Waals surface area contributed by atoms with Gasteiger partial charge >= 0.3 is 5.97 Å². The molecule has 0 atom stereocenters. The quantitative estimate of drug-likeness (QED) is 0.546. The number of rotatable bonds is 8. The highest BCUT2D eigenvalue weighted by atomic mass is 16.5. The standard InChI is InChI=1S/C13H19NO5/c1-9-7-10(8-11(12(9)14)13(15)16)19-6-5-18-4-3-17-2/h7-8H,3-6,14H2,1-2H3,(H,15,16). The molecule has 0 bridgehead atoms. The number of carboxylic acids is 1. The van der Waals surface area contributed by atoms with Crippen LogP contribution in [0.5, 0.6) is 5.75 Å². The molecule has 0 aliphatic heterocycles. The van der Waals surface area contributed by atoms with Gasteiger partial charge in [0, 0.05) is 12.8 Å². The van der Waals surface area contributed by atoms with E-state index in [-0.39, 0.29) is 11.3 Å². The molecule has 0 amide bonds. The molecular weight excluding hydrogens is 250 g/mol. The molecule has 0 aliphatic carbocycles. The highest BCUT2D eigenvalue weighted by Gasteiger charge is 2.12. The van der Waals surface area contributed by atoms with E-state index in [2.05, 4.69) is 0 Å². The minimum absolute atomic E-state index is 0.0512. The number of nitrogen functional groups attached to an aromatic ring is 1. The largest absolute Gasteiger partial charge is 0.491 e. The second kappa shape index (κ2) is 7.60. The predicted molar refractivity (Wildman–Crippen MR) is 70.7 cm³/mol. The van der Waals surface area contributed by atoms with Crippen LogP contribution >= 0.6 is 0 Å². The Hall–Kier alpha value is -1.79. The molecule has 6 heteroatoms. The van der Waals surface area contributed by atoms with Gasteiger partial charge in [-0.2, -0.15) is 0 Å². The lowest BCUT2D eigenvalue weighted by molar-refractivity contribution is 0.0543. The third-order valence-electron chi connectivity index (χ3n) is 2.52. The Balaban J connectivity index is 2.52. The van der Waals surface area contributed by atoms with E-state index in [1.54, 1.807) is 20.1 Å². The monoisotopic (exact) mass is 269 g/mol. The first-order valence-electron chi connectivity index (χ1n) is 5.89. The van der Waals surface area contributed by atoms with Gasteiger partial charge in [0.25, 0.3) is 0 Å². The van der Waals surface area contributed by atoms with Crippen LogP contribution < -0.4 is 10.5 Å². The van der Waals surface area contributed by atoms with Gasteiger partial charge in [0.2, 0.25) is 0 Å². The Bertz CT molecular complexity index is 433. The van der Waals surface area contributed by atoms with Crippen LogP contribution in [0.15, 0.2) is 12.1 Å². The fourth-order valence-corrected chi connectivity index (χ4v) is 1.49. The van der Waals surface area contributed by atoms with Crippen molar-refractivity contribution in [1.29, 1.82) is 0 Å². The van der Waals surface area contributed by atoms with Crippen molar-refractivity contribution in [1.82, 2.24) is 0 Å². The van der Waals surface area contributed by atoms with Crippen LogP contribution in [0.3, 0.4) is 0 Å². The van der Waals surface area contributed by atoms with Gasteiger partial charge in [0.1, 0.15) is 12.4 Å². The van der Waals surface area contributed by atoms with E-state index in [4.69, 9.17) is 25.1 Å². The van der Waals surface area contributed by atoms with Gasteiger partial charge in [0.05, 0.1) is 25.4 Å². The van der Waals surface area contributed by atoms with Crippen molar-refractivity contribution in [2.24, 2.45) is 0 Å². The maximum Gasteiger partial charge on any atom is 0.337 e. The fraction of sp³-hybridized carbons (Fsp3) is 0.462. The average Bonchev–Trinajstić information content (AvgIpc) is 2.37. The normalized spacial score (nSPS) is 10.4. The van der Waals surface area contributed by atoms with Crippen LogP contribution in [0.2, 0.25) is 0 Å². The Kier molecular flexibility index (Phi) is 6.11. The van der Waals surface area contributed by atoms with Crippen LogP contribution in [-0.2, 0) is 9.47 Å². The summed E-state index contributed by atoms with van der Waals surface area (Å²) in [5, 5.41) is 9.01. The highest BCUT2D eigenvalue weighted by molar-refractivity contribution is 5.95. The molecule has 0 radical (unpaired) electrons. The molecular formula is C13H19NO5. The Morgan fingerprint density at radius 2 is 1.95 bits per heavy atom. The second-order valence-electron chi connectivity index (χ2n) is 3.96. The van der Waals surface area contributed by atoms with Crippen molar-refractivity contribution in [2.45, 2.75) is 6.92 Å². The molecule has 19 heavy (non-hydrogen) atoms. The number of ether oxygens (including phenoxy) is 3. The number of aromatic carboxylic acids is 1. The van der Waals surface area contributed by atoms with E-state index in [0.717, 1.165) is 0 Å². The first-order valence-corrected chi connectivity index (χ1v) is 5.89. The molecule has 1 rings (SSSR count). The third kappa shape index (κ3) is 4.76. The molecule has 0 saturated heterocycles. The van der Waals surface area contributed by atoms with E-state index in [1.165, 1.54) is 6.07 Å². The zero-order chi connectivity index (χ0) is 14.3. The van der Waals surface area contributed by atoms with Crippen molar-refractivity contribution in [3.8, 4) is 5.75 Å². The molecule has 0 aliphatic rings. The number of aryl methyl sites for hydroxylation is 1. The number of carbonyl (C=O) groups is 1. The molecule has 1 aromatic carbocycles. The zero-order valence-electron chi connectivity index (χ0n) is 11.1. The molecule has 3 N–H and O–H groups in total. The first-order chi connectivity index (χ1) is 9.06. The molecule has 0 fully saturated rings. The van der Waals surface area contributed by atoms with Crippen molar-refractivity contribution >= 4 is 11.7 Å². The number of hydrogen-bond acceptors (Lipinski definition) is 5. The summed E-state index contributed by atoms with van der Waals surface area (Å²) in [6, 6.07) is 3.12. The highest BCUT2D eigenvalue weighted by Crippen LogP contribution is 2.24.